The van der Waals surface area contributed by atoms with Crippen molar-refractivity contribution in [2.24, 2.45) is 0 Å². The van der Waals surface area contributed by atoms with Gasteiger partial charge in [-0.15, -0.1) is 0 Å². The Morgan fingerprint density at radius 1 is 1.39 bits per heavy atom. The summed E-state index contributed by atoms with van der Waals surface area (Å²) >= 11 is 0. The number of methoxy groups -OCH3 is 1. The molecule has 100 valence electrons. The molecule has 1 aromatic carbocycles. The van der Waals surface area contributed by atoms with Crippen LogP contribution in [0.4, 0.5) is 5.69 Å². The molecule has 18 heavy (non-hydrogen) atoms. The lowest BCUT2D eigenvalue weighted by molar-refractivity contribution is 0.0407. The van der Waals surface area contributed by atoms with Gasteiger partial charge in [-0.2, -0.15) is 0 Å². The average Bonchev–Trinajstić information content (AvgIpc) is 2.42. The molecule has 0 amide bonds. The highest BCUT2D eigenvalue weighted by Gasteiger charge is 2.19. The second kappa shape index (κ2) is 6.07. The molecule has 0 atom stereocenters. The molecule has 1 aliphatic heterocycles. The van der Waals surface area contributed by atoms with Crippen LogP contribution >= 0.6 is 0 Å². The fraction of sp³-hybridized carbons (Fsp3) is 0.571. The van der Waals surface area contributed by atoms with E-state index < -0.39 is 0 Å². The minimum atomic E-state index is 0.587. The number of hydrogen-bond donors (Lipinski definition) is 1. The van der Waals surface area contributed by atoms with E-state index in [0.29, 0.717) is 6.04 Å². The lowest BCUT2D eigenvalue weighted by Gasteiger charge is -2.31. The van der Waals surface area contributed by atoms with Crippen molar-refractivity contribution in [1.29, 1.82) is 0 Å². The fourth-order valence-electron chi connectivity index (χ4n) is 2.37. The van der Waals surface area contributed by atoms with E-state index in [0.717, 1.165) is 49.6 Å². The van der Waals surface area contributed by atoms with E-state index in [1.807, 2.05) is 18.2 Å². The number of nitrogens with zero attached hydrogens (tertiary/aromatic N) is 1. The van der Waals surface area contributed by atoms with Gasteiger partial charge in [-0.3, -0.25) is 4.90 Å². The number of anilines is 1. The Balaban J connectivity index is 2.03. The van der Waals surface area contributed by atoms with Gasteiger partial charge in [0, 0.05) is 31.5 Å². The largest absolute Gasteiger partial charge is 0.497 e. The summed E-state index contributed by atoms with van der Waals surface area (Å²) in [6, 6.07) is 6.41. The Morgan fingerprint density at radius 2 is 2.11 bits per heavy atom. The summed E-state index contributed by atoms with van der Waals surface area (Å²) in [5, 5.41) is 0. The van der Waals surface area contributed by atoms with E-state index in [1.165, 1.54) is 0 Å². The van der Waals surface area contributed by atoms with Crippen LogP contribution in [0.1, 0.15) is 18.4 Å². The Labute approximate surface area is 109 Å². The van der Waals surface area contributed by atoms with Crippen LogP contribution in [-0.4, -0.2) is 38.3 Å². The van der Waals surface area contributed by atoms with Gasteiger partial charge in [0.2, 0.25) is 0 Å². The maximum atomic E-state index is 6.02. The van der Waals surface area contributed by atoms with Crippen LogP contribution in [0.25, 0.3) is 0 Å². The lowest BCUT2D eigenvalue weighted by Crippen LogP contribution is -2.36. The molecule has 1 saturated heterocycles. The predicted octanol–water partition coefficient (Wildman–Crippen LogP) is 1.89. The number of hydrogen-bond acceptors (Lipinski definition) is 4. The Kier molecular flexibility index (Phi) is 4.44. The van der Waals surface area contributed by atoms with Crippen LogP contribution in [0.3, 0.4) is 0 Å². The molecule has 0 bridgehead atoms. The van der Waals surface area contributed by atoms with Gasteiger partial charge in [0.05, 0.1) is 7.11 Å². The van der Waals surface area contributed by atoms with Gasteiger partial charge in [0.25, 0.3) is 0 Å². The van der Waals surface area contributed by atoms with E-state index in [4.69, 9.17) is 15.2 Å². The third kappa shape index (κ3) is 3.15. The number of ether oxygens (including phenoxy) is 2. The van der Waals surface area contributed by atoms with Gasteiger partial charge in [0.15, 0.2) is 0 Å². The molecule has 0 aliphatic carbocycles. The molecule has 0 unspecified atom stereocenters. The number of rotatable bonds is 4. The summed E-state index contributed by atoms with van der Waals surface area (Å²) in [6.45, 7) is 2.58. The minimum Gasteiger partial charge on any atom is -0.497 e. The zero-order chi connectivity index (χ0) is 13.0. The van der Waals surface area contributed by atoms with Crippen molar-refractivity contribution in [3.8, 4) is 5.75 Å². The lowest BCUT2D eigenvalue weighted by atomic mass is 10.1. The molecule has 0 saturated carbocycles. The van der Waals surface area contributed by atoms with Crippen LogP contribution in [-0.2, 0) is 11.3 Å². The van der Waals surface area contributed by atoms with Crippen molar-refractivity contribution < 1.29 is 9.47 Å². The smallest absolute Gasteiger partial charge is 0.119 e. The predicted molar refractivity (Wildman–Crippen MR) is 72.7 cm³/mol. The SMILES string of the molecule is COc1ccc(N)c(CN(C)C2CCOCC2)c1. The Morgan fingerprint density at radius 3 is 2.78 bits per heavy atom. The molecule has 0 spiro atoms. The quantitative estimate of drug-likeness (QED) is 0.829. The monoisotopic (exact) mass is 250 g/mol. The van der Waals surface area contributed by atoms with Crippen LogP contribution in [0.2, 0.25) is 0 Å². The van der Waals surface area contributed by atoms with Crippen molar-refractivity contribution in [1.82, 2.24) is 4.90 Å². The van der Waals surface area contributed by atoms with Gasteiger partial charge in [-0.25, -0.2) is 0 Å². The summed E-state index contributed by atoms with van der Waals surface area (Å²) in [5.74, 6) is 0.861. The summed E-state index contributed by atoms with van der Waals surface area (Å²) in [4.78, 5) is 2.35. The minimum absolute atomic E-state index is 0.587. The van der Waals surface area contributed by atoms with E-state index in [2.05, 4.69) is 11.9 Å². The highest BCUT2D eigenvalue weighted by molar-refractivity contribution is 5.50. The molecule has 4 nitrogen and oxygen atoms in total. The zero-order valence-electron chi connectivity index (χ0n) is 11.2. The molecular weight excluding hydrogens is 228 g/mol. The van der Waals surface area contributed by atoms with Crippen LogP contribution in [0.5, 0.6) is 5.75 Å². The first-order valence-corrected chi connectivity index (χ1v) is 6.41. The van der Waals surface area contributed by atoms with Gasteiger partial charge < -0.3 is 15.2 Å². The molecule has 1 heterocycles. The molecule has 1 fully saturated rings. The van der Waals surface area contributed by atoms with E-state index in [1.54, 1.807) is 7.11 Å². The molecule has 2 N–H and O–H groups in total. The van der Waals surface area contributed by atoms with Gasteiger partial charge in [0.1, 0.15) is 5.75 Å². The van der Waals surface area contributed by atoms with E-state index in [-0.39, 0.29) is 0 Å². The van der Waals surface area contributed by atoms with Crippen molar-refractivity contribution in [3.63, 3.8) is 0 Å². The normalized spacial score (nSPS) is 17.1. The van der Waals surface area contributed by atoms with E-state index >= 15 is 0 Å². The van der Waals surface area contributed by atoms with Crippen LogP contribution in [0, 0.1) is 0 Å². The maximum absolute atomic E-state index is 6.02. The highest BCUT2D eigenvalue weighted by atomic mass is 16.5. The third-order valence-corrected chi connectivity index (χ3v) is 3.58. The van der Waals surface area contributed by atoms with Gasteiger partial charge in [-0.05, 0) is 43.7 Å². The molecule has 4 heteroatoms. The van der Waals surface area contributed by atoms with Gasteiger partial charge in [-0.1, -0.05) is 0 Å². The molecule has 2 rings (SSSR count). The topological polar surface area (TPSA) is 47.7 Å². The highest BCUT2D eigenvalue weighted by Crippen LogP contribution is 2.23. The van der Waals surface area contributed by atoms with Gasteiger partial charge >= 0.3 is 0 Å². The fourth-order valence-corrected chi connectivity index (χ4v) is 2.37. The summed E-state index contributed by atoms with van der Waals surface area (Å²) in [5.41, 5.74) is 7.97. The first-order chi connectivity index (χ1) is 8.70. The average molecular weight is 250 g/mol. The third-order valence-electron chi connectivity index (χ3n) is 3.58. The molecular formula is C14H22N2O2. The second-order valence-electron chi connectivity index (χ2n) is 4.82. The number of nitrogens with two attached hydrogens (primary N) is 1. The maximum Gasteiger partial charge on any atom is 0.119 e. The number of benzene rings is 1. The summed E-state index contributed by atoms with van der Waals surface area (Å²) in [6.07, 6.45) is 2.20. The van der Waals surface area contributed by atoms with Crippen molar-refractivity contribution >= 4 is 5.69 Å². The first kappa shape index (κ1) is 13.2. The van der Waals surface area contributed by atoms with Crippen molar-refractivity contribution in [2.75, 3.05) is 33.1 Å². The summed E-state index contributed by atoms with van der Waals surface area (Å²) in [7, 11) is 3.83. The number of nitrogen functional groups attached to an aromatic ring is 1. The molecule has 0 aromatic heterocycles. The first-order valence-electron chi connectivity index (χ1n) is 6.41. The zero-order valence-corrected chi connectivity index (χ0v) is 11.2. The molecule has 1 aliphatic rings. The van der Waals surface area contributed by atoms with Crippen molar-refractivity contribution in [2.45, 2.75) is 25.4 Å². The Bertz CT molecular complexity index is 389. The molecule has 0 radical (unpaired) electrons. The van der Waals surface area contributed by atoms with Crippen LogP contribution in [0.15, 0.2) is 18.2 Å². The van der Waals surface area contributed by atoms with Crippen molar-refractivity contribution in [3.05, 3.63) is 23.8 Å². The summed E-state index contributed by atoms with van der Waals surface area (Å²) < 4.78 is 10.6. The van der Waals surface area contributed by atoms with E-state index in [9.17, 15) is 0 Å². The molecule has 1 aromatic rings. The Hall–Kier alpha value is -1.26. The van der Waals surface area contributed by atoms with Crippen LogP contribution < -0.4 is 10.5 Å². The standard InChI is InChI=1S/C14H22N2O2/c1-16(12-5-7-18-8-6-12)10-11-9-13(17-2)3-4-14(11)15/h3-4,9,12H,5-8,10,15H2,1-2H3. The second-order valence-corrected chi connectivity index (χ2v) is 4.82.